The fourth-order valence-electron chi connectivity index (χ4n) is 0.980. The van der Waals surface area contributed by atoms with Crippen LogP contribution >= 0.6 is 0 Å². The molecular formula is C11H24N2O. The Balaban J connectivity index is 3.73. The van der Waals surface area contributed by atoms with Crippen LogP contribution in [-0.4, -0.2) is 25.5 Å². The first kappa shape index (κ1) is 13.4. The molecule has 3 heteroatoms. The highest BCUT2D eigenvalue weighted by Crippen LogP contribution is 2.10. The largest absolute Gasteiger partial charge is 0.355 e. The minimum Gasteiger partial charge on any atom is -0.355 e. The van der Waals surface area contributed by atoms with E-state index in [0.29, 0.717) is 0 Å². The van der Waals surface area contributed by atoms with Crippen LogP contribution in [0.4, 0.5) is 0 Å². The second-order valence-corrected chi connectivity index (χ2v) is 4.99. The summed E-state index contributed by atoms with van der Waals surface area (Å²) in [5.74, 6) is 0.193. The summed E-state index contributed by atoms with van der Waals surface area (Å²) < 4.78 is 0. The van der Waals surface area contributed by atoms with Gasteiger partial charge in [-0.05, 0) is 12.0 Å². The molecule has 0 saturated carbocycles. The molecule has 0 fully saturated rings. The smallest absolute Gasteiger partial charge is 0.224 e. The molecule has 1 amide bonds. The Morgan fingerprint density at radius 1 is 1.36 bits per heavy atom. The Hall–Kier alpha value is -0.570. The molecule has 0 aromatic carbocycles. The quantitative estimate of drug-likeness (QED) is 0.704. The van der Waals surface area contributed by atoms with E-state index in [1.807, 2.05) is 13.8 Å². The van der Waals surface area contributed by atoms with Crippen molar-refractivity contribution in [2.45, 2.75) is 34.6 Å². The average molecular weight is 200 g/mol. The molecule has 0 saturated heterocycles. The van der Waals surface area contributed by atoms with Crippen LogP contribution in [0.15, 0.2) is 0 Å². The van der Waals surface area contributed by atoms with Crippen molar-refractivity contribution >= 4 is 5.91 Å². The monoisotopic (exact) mass is 200 g/mol. The fourth-order valence-corrected chi connectivity index (χ4v) is 0.980. The standard InChI is InChI=1S/C11H24N2O/c1-6-12-7-9(2)10(14)13-8-11(3,4)5/h9,12H,6-8H2,1-5H3,(H,13,14). The van der Waals surface area contributed by atoms with Gasteiger partial charge in [0.25, 0.3) is 0 Å². The number of nitrogens with one attached hydrogen (secondary N) is 2. The lowest BCUT2D eigenvalue weighted by molar-refractivity contribution is -0.124. The maximum absolute atomic E-state index is 11.5. The normalized spacial score (nSPS) is 13.8. The molecule has 14 heavy (non-hydrogen) atoms. The molecule has 0 aromatic rings. The molecule has 0 aliphatic rings. The van der Waals surface area contributed by atoms with Crippen molar-refractivity contribution in [2.24, 2.45) is 11.3 Å². The highest BCUT2D eigenvalue weighted by atomic mass is 16.1. The summed E-state index contributed by atoms with van der Waals surface area (Å²) in [5.41, 5.74) is 0.160. The zero-order chi connectivity index (χ0) is 11.2. The summed E-state index contributed by atoms with van der Waals surface area (Å²) in [6.07, 6.45) is 0. The van der Waals surface area contributed by atoms with Gasteiger partial charge in [0.2, 0.25) is 5.91 Å². The first-order valence-electron chi connectivity index (χ1n) is 5.35. The second kappa shape index (κ2) is 6.02. The van der Waals surface area contributed by atoms with Crippen LogP contribution in [0.5, 0.6) is 0 Å². The third-order valence-electron chi connectivity index (χ3n) is 1.94. The Morgan fingerprint density at radius 2 is 1.93 bits per heavy atom. The summed E-state index contributed by atoms with van der Waals surface area (Å²) in [7, 11) is 0. The summed E-state index contributed by atoms with van der Waals surface area (Å²) in [5, 5.41) is 6.12. The molecule has 0 aliphatic heterocycles. The molecule has 2 N–H and O–H groups in total. The summed E-state index contributed by atoms with van der Waals surface area (Å²) >= 11 is 0. The first-order valence-corrected chi connectivity index (χ1v) is 5.35. The maximum atomic E-state index is 11.5. The maximum Gasteiger partial charge on any atom is 0.224 e. The van der Waals surface area contributed by atoms with E-state index in [4.69, 9.17) is 0 Å². The Morgan fingerprint density at radius 3 is 2.36 bits per heavy atom. The van der Waals surface area contributed by atoms with Gasteiger partial charge in [0, 0.05) is 19.0 Å². The lowest BCUT2D eigenvalue weighted by Crippen LogP contribution is -2.39. The van der Waals surface area contributed by atoms with Gasteiger partial charge in [0.1, 0.15) is 0 Å². The van der Waals surface area contributed by atoms with Gasteiger partial charge < -0.3 is 10.6 Å². The molecule has 0 aromatic heterocycles. The van der Waals surface area contributed by atoms with Crippen molar-refractivity contribution in [1.82, 2.24) is 10.6 Å². The second-order valence-electron chi connectivity index (χ2n) is 4.99. The third kappa shape index (κ3) is 6.89. The SMILES string of the molecule is CCNCC(C)C(=O)NCC(C)(C)C. The van der Waals surface area contributed by atoms with Crippen LogP contribution in [0.3, 0.4) is 0 Å². The van der Waals surface area contributed by atoms with E-state index in [9.17, 15) is 4.79 Å². The molecule has 3 nitrogen and oxygen atoms in total. The van der Waals surface area contributed by atoms with E-state index in [2.05, 4.69) is 31.4 Å². The molecule has 0 heterocycles. The number of carbonyl (C=O) groups is 1. The van der Waals surface area contributed by atoms with Gasteiger partial charge in [-0.1, -0.05) is 34.6 Å². The molecule has 1 atom stereocenters. The van der Waals surface area contributed by atoms with E-state index < -0.39 is 0 Å². The number of hydrogen-bond acceptors (Lipinski definition) is 2. The predicted molar refractivity (Wildman–Crippen MR) is 60.2 cm³/mol. The third-order valence-corrected chi connectivity index (χ3v) is 1.94. The molecule has 0 aliphatic carbocycles. The average Bonchev–Trinajstić information content (AvgIpc) is 2.09. The van der Waals surface area contributed by atoms with Crippen molar-refractivity contribution in [3.8, 4) is 0 Å². The Bertz CT molecular complexity index is 173. The molecule has 84 valence electrons. The Kier molecular flexibility index (Phi) is 5.77. The zero-order valence-corrected chi connectivity index (χ0v) is 10.1. The molecule has 0 rings (SSSR count). The van der Waals surface area contributed by atoms with E-state index in [-0.39, 0.29) is 17.2 Å². The fraction of sp³-hybridized carbons (Fsp3) is 0.909. The van der Waals surface area contributed by atoms with Gasteiger partial charge in [0.15, 0.2) is 0 Å². The topological polar surface area (TPSA) is 41.1 Å². The first-order chi connectivity index (χ1) is 6.37. The van der Waals surface area contributed by atoms with E-state index in [1.165, 1.54) is 0 Å². The van der Waals surface area contributed by atoms with Gasteiger partial charge in [-0.2, -0.15) is 0 Å². The van der Waals surface area contributed by atoms with Gasteiger partial charge >= 0.3 is 0 Å². The highest BCUT2D eigenvalue weighted by molar-refractivity contribution is 5.78. The minimum atomic E-state index is 0.0531. The molecule has 0 bridgehead atoms. The summed E-state index contributed by atoms with van der Waals surface area (Å²) in [4.78, 5) is 11.5. The van der Waals surface area contributed by atoms with Gasteiger partial charge in [-0.15, -0.1) is 0 Å². The molecule has 0 spiro atoms. The van der Waals surface area contributed by atoms with Crippen molar-refractivity contribution < 1.29 is 4.79 Å². The number of hydrogen-bond donors (Lipinski definition) is 2. The lowest BCUT2D eigenvalue weighted by atomic mass is 9.96. The van der Waals surface area contributed by atoms with Crippen LogP contribution in [0.2, 0.25) is 0 Å². The van der Waals surface area contributed by atoms with Crippen molar-refractivity contribution in [3.63, 3.8) is 0 Å². The molecule has 0 radical (unpaired) electrons. The van der Waals surface area contributed by atoms with Gasteiger partial charge in [0.05, 0.1) is 0 Å². The zero-order valence-electron chi connectivity index (χ0n) is 10.1. The van der Waals surface area contributed by atoms with Crippen LogP contribution in [0.1, 0.15) is 34.6 Å². The molecule has 1 unspecified atom stereocenters. The summed E-state index contributed by atoms with van der Waals surface area (Å²) in [6.45, 7) is 12.7. The van der Waals surface area contributed by atoms with Crippen molar-refractivity contribution in [3.05, 3.63) is 0 Å². The number of amides is 1. The van der Waals surface area contributed by atoms with E-state index >= 15 is 0 Å². The lowest BCUT2D eigenvalue weighted by Gasteiger charge is -2.20. The highest BCUT2D eigenvalue weighted by Gasteiger charge is 2.15. The van der Waals surface area contributed by atoms with E-state index in [1.54, 1.807) is 0 Å². The van der Waals surface area contributed by atoms with Crippen LogP contribution in [-0.2, 0) is 4.79 Å². The van der Waals surface area contributed by atoms with Crippen molar-refractivity contribution in [2.75, 3.05) is 19.6 Å². The van der Waals surface area contributed by atoms with Gasteiger partial charge in [-0.25, -0.2) is 0 Å². The summed E-state index contributed by atoms with van der Waals surface area (Å²) in [6, 6.07) is 0. The van der Waals surface area contributed by atoms with Gasteiger partial charge in [-0.3, -0.25) is 4.79 Å². The Labute approximate surface area is 87.6 Å². The van der Waals surface area contributed by atoms with Crippen LogP contribution in [0, 0.1) is 11.3 Å². The number of carbonyl (C=O) groups excluding carboxylic acids is 1. The van der Waals surface area contributed by atoms with Crippen molar-refractivity contribution in [1.29, 1.82) is 0 Å². The predicted octanol–water partition coefficient (Wildman–Crippen LogP) is 1.39. The van der Waals surface area contributed by atoms with E-state index in [0.717, 1.165) is 19.6 Å². The minimum absolute atomic E-state index is 0.0531. The number of rotatable bonds is 5. The van der Waals surface area contributed by atoms with Crippen LogP contribution < -0.4 is 10.6 Å². The molecular weight excluding hydrogens is 176 g/mol. The van der Waals surface area contributed by atoms with Crippen LogP contribution in [0.25, 0.3) is 0 Å².